The van der Waals surface area contributed by atoms with Gasteiger partial charge < -0.3 is 19.9 Å². The van der Waals surface area contributed by atoms with Crippen LogP contribution < -0.4 is 10.5 Å². The maximum atomic E-state index is 5.90. The molecule has 0 aromatic heterocycles. The van der Waals surface area contributed by atoms with Gasteiger partial charge >= 0.3 is 0 Å². The number of hydrogen-bond acceptors (Lipinski definition) is 4. The van der Waals surface area contributed by atoms with Crippen molar-refractivity contribution in [3.8, 4) is 5.75 Å². The van der Waals surface area contributed by atoms with Gasteiger partial charge in [-0.25, -0.2) is 0 Å². The Morgan fingerprint density at radius 3 is 2.68 bits per heavy atom. The summed E-state index contributed by atoms with van der Waals surface area (Å²) in [6.07, 6.45) is 0.896. The summed E-state index contributed by atoms with van der Waals surface area (Å²) in [5, 5.41) is 0. The van der Waals surface area contributed by atoms with E-state index in [1.165, 1.54) is 0 Å². The van der Waals surface area contributed by atoms with Gasteiger partial charge in [-0.05, 0) is 38.0 Å². The summed E-state index contributed by atoms with van der Waals surface area (Å²) in [5.41, 5.74) is 8.05. The molecule has 0 saturated heterocycles. The van der Waals surface area contributed by atoms with Gasteiger partial charge in [0.2, 0.25) is 0 Å². The molecular formula is C15H25NO3. The summed E-state index contributed by atoms with van der Waals surface area (Å²) in [6.45, 7) is 6.54. The molecule has 0 saturated carbocycles. The molecule has 0 aliphatic heterocycles. The van der Waals surface area contributed by atoms with Gasteiger partial charge in [-0.1, -0.05) is 6.07 Å². The molecule has 1 atom stereocenters. The van der Waals surface area contributed by atoms with E-state index in [0.29, 0.717) is 19.8 Å². The maximum Gasteiger partial charge on any atom is 0.124 e. The van der Waals surface area contributed by atoms with Crippen LogP contribution in [0, 0.1) is 0 Å². The number of ether oxygens (including phenoxy) is 3. The fourth-order valence-electron chi connectivity index (χ4n) is 1.78. The topological polar surface area (TPSA) is 53.7 Å². The summed E-state index contributed by atoms with van der Waals surface area (Å²) in [4.78, 5) is 0. The van der Waals surface area contributed by atoms with Gasteiger partial charge in [0.25, 0.3) is 0 Å². The predicted octanol–water partition coefficient (Wildman–Crippen LogP) is 2.66. The molecule has 0 radical (unpaired) electrons. The molecule has 19 heavy (non-hydrogen) atoms. The third-order valence-corrected chi connectivity index (χ3v) is 2.80. The average molecular weight is 267 g/mol. The fourth-order valence-corrected chi connectivity index (χ4v) is 1.78. The molecule has 0 bridgehead atoms. The second-order valence-electron chi connectivity index (χ2n) is 4.49. The van der Waals surface area contributed by atoms with Gasteiger partial charge in [0.15, 0.2) is 0 Å². The summed E-state index contributed by atoms with van der Waals surface area (Å²) in [6, 6.07) is 6.05. The first-order valence-corrected chi connectivity index (χ1v) is 6.77. The van der Waals surface area contributed by atoms with E-state index in [9.17, 15) is 0 Å². The molecule has 0 spiro atoms. The second kappa shape index (κ2) is 8.91. The van der Waals surface area contributed by atoms with E-state index < -0.39 is 0 Å². The normalized spacial score (nSPS) is 12.4. The lowest BCUT2D eigenvalue weighted by Crippen LogP contribution is -2.07. The molecule has 0 aliphatic carbocycles. The van der Waals surface area contributed by atoms with E-state index in [0.717, 1.165) is 29.9 Å². The van der Waals surface area contributed by atoms with E-state index in [1.54, 1.807) is 7.11 Å². The minimum absolute atomic E-state index is 0.0166. The van der Waals surface area contributed by atoms with Crippen molar-refractivity contribution in [1.82, 2.24) is 0 Å². The monoisotopic (exact) mass is 267 g/mol. The first-order chi connectivity index (χ1) is 9.19. The standard InChI is InChI=1S/C15H25NO3/c1-4-19-15-7-6-13(12(2)16)10-14(15)11-18-9-5-8-17-3/h6-7,10,12H,4-5,8-9,11,16H2,1-3H3. The Morgan fingerprint density at radius 1 is 1.26 bits per heavy atom. The summed E-state index contributed by atoms with van der Waals surface area (Å²) in [5.74, 6) is 0.874. The molecule has 4 heteroatoms. The SMILES string of the molecule is CCOc1ccc(C(C)N)cc1COCCCOC. The molecule has 1 rings (SSSR count). The van der Waals surface area contributed by atoms with Crippen molar-refractivity contribution in [2.45, 2.75) is 32.9 Å². The van der Waals surface area contributed by atoms with Crippen LogP contribution in [0.3, 0.4) is 0 Å². The zero-order chi connectivity index (χ0) is 14.1. The van der Waals surface area contributed by atoms with Gasteiger partial charge in [0, 0.05) is 31.9 Å². The second-order valence-corrected chi connectivity index (χ2v) is 4.49. The van der Waals surface area contributed by atoms with Gasteiger partial charge in [0.1, 0.15) is 5.75 Å². The predicted molar refractivity (Wildman–Crippen MR) is 76.4 cm³/mol. The van der Waals surface area contributed by atoms with Gasteiger partial charge in [-0.15, -0.1) is 0 Å². The van der Waals surface area contributed by atoms with Gasteiger partial charge in [0.05, 0.1) is 13.2 Å². The van der Waals surface area contributed by atoms with Crippen molar-refractivity contribution < 1.29 is 14.2 Å². The van der Waals surface area contributed by atoms with Gasteiger partial charge in [-0.2, -0.15) is 0 Å². The molecule has 1 aromatic rings. The molecule has 1 unspecified atom stereocenters. The third kappa shape index (κ3) is 5.59. The van der Waals surface area contributed by atoms with Crippen LogP contribution in [0.4, 0.5) is 0 Å². The van der Waals surface area contributed by atoms with Crippen molar-refractivity contribution >= 4 is 0 Å². The van der Waals surface area contributed by atoms with E-state index in [2.05, 4.69) is 6.07 Å². The Labute approximate surface area is 115 Å². The molecular weight excluding hydrogens is 242 g/mol. The Bertz CT molecular complexity index is 366. The lowest BCUT2D eigenvalue weighted by molar-refractivity contribution is 0.0913. The Hall–Kier alpha value is -1.10. The van der Waals surface area contributed by atoms with E-state index in [-0.39, 0.29) is 6.04 Å². The third-order valence-electron chi connectivity index (χ3n) is 2.80. The Kier molecular flexibility index (Phi) is 7.48. The molecule has 1 aromatic carbocycles. The van der Waals surface area contributed by atoms with Crippen LogP contribution in [0.2, 0.25) is 0 Å². The largest absolute Gasteiger partial charge is 0.494 e. The van der Waals surface area contributed by atoms with Crippen LogP contribution in [0.15, 0.2) is 18.2 Å². The molecule has 0 heterocycles. The van der Waals surface area contributed by atoms with E-state index >= 15 is 0 Å². The van der Waals surface area contributed by atoms with Crippen molar-refractivity contribution in [2.24, 2.45) is 5.73 Å². The molecule has 0 amide bonds. The molecule has 2 N–H and O–H groups in total. The fraction of sp³-hybridized carbons (Fsp3) is 0.600. The van der Waals surface area contributed by atoms with Crippen molar-refractivity contribution in [3.63, 3.8) is 0 Å². The average Bonchev–Trinajstić information content (AvgIpc) is 2.40. The van der Waals surface area contributed by atoms with Crippen LogP contribution in [-0.4, -0.2) is 26.9 Å². The van der Waals surface area contributed by atoms with Crippen LogP contribution >= 0.6 is 0 Å². The van der Waals surface area contributed by atoms with Crippen LogP contribution in [0.1, 0.15) is 37.4 Å². The number of nitrogens with two attached hydrogens (primary N) is 1. The molecule has 108 valence electrons. The summed E-state index contributed by atoms with van der Waals surface area (Å²) >= 11 is 0. The molecule has 0 aliphatic rings. The highest BCUT2D eigenvalue weighted by atomic mass is 16.5. The van der Waals surface area contributed by atoms with Crippen LogP contribution in [0.25, 0.3) is 0 Å². The highest BCUT2D eigenvalue weighted by Crippen LogP contribution is 2.23. The smallest absolute Gasteiger partial charge is 0.124 e. The van der Waals surface area contributed by atoms with Crippen molar-refractivity contribution in [1.29, 1.82) is 0 Å². The summed E-state index contributed by atoms with van der Waals surface area (Å²) in [7, 11) is 1.69. The first-order valence-electron chi connectivity index (χ1n) is 6.77. The van der Waals surface area contributed by atoms with E-state index in [1.807, 2.05) is 26.0 Å². The number of benzene rings is 1. The highest BCUT2D eigenvalue weighted by molar-refractivity contribution is 5.38. The molecule has 0 fully saturated rings. The quantitative estimate of drug-likeness (QED) is 0.699. The summed E-state index contributed by atoms with van der Waals surface area (Å²) < 4.78 is 16.2. The van der Waals surface area contributed by atoms with E-state index in [4.69, 9.17) is 19.9 Å². The first kappa shape index (κ1) is 16.0. The number of methoxy groups -OCH3 is 1. The highest BCUT2D eigenvalue weighted by Gasteiger charge is 2.07. The lowest BCUT2D eigenvalue weighted by Gasteiger charge is -2.14. The Morgan fingerprint density at radius 2 is 2.05 bits per heavy atom. The zero-order valence-electron chi connectivity index (χ0n) is 12.1. The number of hydrogen-bond donors (Lipinski definition) is 1. The molecule has 4 nitrogen and oxygen atoms in total. The minimum atomic E-state index is 0.0166. The maximum absolute atomic E-state index is 5.90. The lowest BCUT2D eigenvalue weighted by atomic mass is 10.1. The Balaban J connectivity index is 2.63. The van der Waals surface area contributed by atoms with Crippen molar-refractivity contribution in [2.75, 3.05) is 26.9 Å². The van der Waals surface area contributed by atoms with Crippen LogP contribution in [0.5, 0.6) is 5.75 Å². The zero-order valence-corrected chi connectivity index (χ0v) is 12.1. The minimum Gasteiger partial charge on any atom is -0.494 e. The van der Waals surface area contributed by atoms with Crippen LogP contribution in [-0.2, 0) is 16.1 Å². The van der Waals surface area contributed by atoms with Crippen molar-refractivity contribution in [3.05, 3.63) is 29.3 Å². The number of rotatable bonds is 9. The van der Waals surface area contributed by atoms with Gasteiger partial charge in [-0.3, -0.25) is 0 Å².